The number of nitriles is 1. The molecule has 2 aromatic carbocycles. The fourth-order valence-corrected chi connectivity index (χ4v) is 4.84. The van der Waals surface area contributed by atoms with E-state index in [1.807, 2.05) is 12.1 Å². The van der Waals surface area contributed by atoms with Crippen LogP contribution < -0.4 is 10.2 Å². The molecule has 28 heavy (non-hydrogen) atoms. The van der Waals surface area contributed by atoms with Crippen molar-refractivity contribution in [2.24, 2.45) is 0 Å². The molecule has 2 aliphatic heterocycles. The number of fused-ring (bicyclic) bond motifs is 3. The smallest absolute Gasteiger partial charge is 0.0998 e. The lowest BCUT2D eigenvalue weighted by Gasteiger charge is -2.41. The van der Waals surface area contributed by atoms with Crippen molar-refractivity contribution in [3.05, 3.63) is 42.0 Å². The molecule has 2 bridgehead atoms. The van der Waals surface area contributed by atoms with Gasteiger partial charge in [-0.2, -0.15) is 5.26 Å². The van der Waals surface area contributed by atoms with E-state index < -0.39 is 0 Å². The molecule has 0 amide bonds. The molecule has 2 fully saturated rings. The van der Waals surface area contributed by atoms with Crippen LogP contribution in [0.1, 0.15) is 31.2 Å². The molecule has 6 heteroatoms. The molecule has 2 heterocycles. The minimum absolute atomic E-state index is 0. The quantitative estimate of drug-likeness (QED) is 0.786. The summed E-state index contributed by atoms with van der Waals surface area (Å²) >= 11 is 0. The van der Waals surface area contributed by atoms with E-state index in [2.05, 4.69) is 59.5 Å². The Morgan fingerprint density at radius 3 is 2.29 bits per heavy atom. The molecule has 0 saturated carbocycles. The molecule has 2 aromatic rings. The maximum absolute atomic E-state index is 9.43. The standard InChI is InChI=1S/C22H28N4.2ClH/c1-25(2)12-11-24-17-13-18-8-9-19(14-17)26(18)22-10-7-16(15-23)20-5-3-4-6-21(20)22;;/h3-7,10,17-19,24H,8-9,11-14H2,1-2H3;2*1H. The highest BCUT2D eigenvalue weighted by molar-refractivity contribution is 5.98. The molecular weight excluding hydrogens is 391 g/mol. The zero-order valence-corrected chi connectivity index (χ0v) is 18.2. The van der Waals surface area contributed by atoms with Gasteiger partial charge in [0, 0.05) is 47.7 Å². The van der Waals surface area contributed by atoms with Crippen molar-refractivity contribution in [1.82, 2.24) is 10.2 Å². The first-order valence-electron chi connectivity index (χ1n) is 9.75. The van der Waals surface area contributed by atoms with E-state index in [0.29, 0.717) is 18.1 Å². The Morgan fingerprint density at radius 1 is 1.04 bits per heavy atom. The van der Waals surface area contributed by atoms with Crippen molar-refractivity contribution in [3.8, 4) is 6.07 Å². The van der Waals surface area contributed by atoms with Crippen LogP contribution in [0.3, 0.4) is 0 Å². The number of nitrogens with zero attached hydrogens (tertiary/aromatic N) is 3. The van der Waals surface area contributed by atoms with Crippen LogP contribution in [0.4, 0.5) is 5.69 Å². The monoisotopic (exact) mass is 420 g/mol. The van der Waals surface area contributed by atoms with Crippen molar-refractivity contribution >= 4 is 41.3 Å². The van der Waals surface area contributed by atoms with Gasteiger partial charge < -0.3 is 15.1 Å². The lowest BCUT2D eigenvalue weighted by molar-refractivity contribution is 0.330. The zero-order chi connectivity index (χ0) is 18.1. The highest BCUT2D eigenvalue weighted by atomic mass is 35.5. The van der Waals surface area contributed by atoms with Gasteiger partial charge in [-0.25, -0.2) is 0 Å². The minimum atomic E-state index is 0. The molecule has 0 aromatic heterocycles. The maximum atomic E-state index is 9.43. The van der Waals surface area contributed by atoms with E-state index in [4.69, 9.17) is 0 Å². The summed E-state index contributed by atoms with van der Waals surface area (Å²) in [6.45, 7) is 2.16. The molecule has 4 nitrogen and oxygen atoms in total. The van der Waals surface area contributed by atoms with Crippen LogP contribution in [0.15, 0.2) is 36.4 Å². The van der Waals surface area contributed by atoms with Gasteiger partial charge in [-0.3, -0.25) is 0 Å². The minimum Gasteiger partial charge on any atom is -0.365 e. The van der Waals surface area contributed by atoms with E-state index in [1.54, 1.807) is 0 Å². The molecule has 2 atom stereocenters. The van der Waals surface area contributed by atoms with Crippen molar-refractivity contribution in [2.75, 3.05) is 32.1 Å². The van der Waals surface area contributed by atoms with Gasteiger partial charge in [0.25, 0.3) is 0 Å². The van der Waals surface area contributed by atoms with Gasteiger partial charge >= 0.3 is 0 Å². The lowest BCUT2D eigenvalue weighted by Crippen LogP contribution is -2.50. The zero-order valence-electron chi connectivity index (χ0n) is 16.6. The molecule has 0 radical (unpaired) electrons. The summed E-state index contributed by atoms with van der Waals surface area (Å²) in [5, 5.41) is 15.5. The molecule has 2 aliphatic rings. The summed E-state index contributed by atoms with van der Waals surface area (Å²) in [4.78, 5) is 4.90. The highest BCUT2D eigenvalue weighted by Crippen LogP contribution is 2.42. The van der Waals surface area contributed by atoms with Crippen LogP contribution in [0.2, 0.25) is 0 Å². The number of hydrogen-bond donors (Lipinski definition) is 1. The fraction of sp³-hybridized carbons (Fsp3) is 0.500. The number of rotatable bonds is 5. The SMILES string of the molecule is CN(C)CCNC1CC2CCC(C1)N2c1ccc(C#N)c2ccccc12.Cl.Cl. The number of likely N-dealkylation sites (N-methyl/N-ethyl adjacent to an activating group) is 1. The second kappa shape index (κ2) is 9.80. The lowest BCUT2D eigenvalue weighted by atomic mass is 9.94. The molecule has 152 valence electrons. The Hall–Kier alpha value is -1.51. The Balaban J connectivity index is 0.00000140. The van der Waals surface area contributed by atoms with Gasteiger partial charge in [-0.15, -0.1) is 24.8 Å². The maximum Gasteiger partial charge on any atom is 0.0998 e. The number of halogens is 2. The Morgan fingerprint density at radius 2 is 1.68 bits per heavy atom. The van der Waals surface area contributed by atoms with Crippen LogP contribution in [-0.2, 0) is 0 Å². The molecule has 0 spiro atoms. The predicted octanol–water partition coefficient (Wildman–Crippen LogP) is 4.21. The van der Waals surface area contributed by atoms with Crippen molar-refractivity contribution in [2.45, 2.75) is 43.8 Å². The largest absolute Gasteiger partial charge is 0.365 e. The molecule has 1 N–H and O–H groups in total. The van der Waals surface area contributed by atoms with E-state index in [-0.39, 0.29) is 24.8 Å². The Labute approximate surface area is 180 Å². The van der Waals surface area contributed by atoms with Gasteiger partial charge in [0.1, 0.15) is 0 Å². The van der Waals surface area contributed by atoms with Crippen molar-refractivity contribution in [1.29, 1.82) is 5.26 Å². The fourth-order valence-electron chi connectivity index (χ4n) is 4.84. The molecule has 2 saturated heterocycles. The van der Waals surface area contributed by atoms with Gasteiger partial charge in [0.2, 0.25) is 0 Å². The normalized spacial score (nSPS) is 23.2. The third-order valence-electron chi connectivity index (χ3n) is 6.02. The van der Waals surface area contributed by atoms with Gasteiger partial charge in [-0.1, -0.05) is 24.3 Å². The summed E-state index contributed by atoms with van der Waals surface area (Å²) in [5.74, 6) is 0. The molecular formula is C22H30Cl2N4. The topological polar surface area (TPSA) is 42.3 Å². The Bertz CT molecular complexity index is 819. The van der Waals surface area contributed by atoms with E-state index >= 15 is 0 Å². The number of nitrogens with one attached hydrogen (secondary N) is 1. The van der Waals surface area contributed by atoms with Crippen LogP contribution in [0.5, 0.6) is 0 Å². The van der Waals surface area contributed by atoms with E-state index in [1.165, 1.54) is 36.8 Å². The van der Waals surface area contributed by atoms with Gasteiger partial charge in [-0.05, 0) is 51.9 Å². The molecule has 0 aliphatic carbocycles. The number of benzene rings is 2. The summed E-state index contributed by atoms with van der Waals surface area (Å²) in [7, 11) is 4.26. The third-order valence-corrected chi connectivity index (χ3v) is 6.02. The van der Waals surface area contributed by atoms with Crippen molar-refractivity contribution in [3.63, 3.8) is 0 Å². The first-order chi connectivity index (χ1) is 12.7. The average molecular weight is 421 g/mol. The molecule has 4 rings (SSSR count). The second-order valence-electron chi connectivity index (χ2n) is 8.01. The summed E-state index contributed by atoms with van der Waals surface area (Å²) in [6.07, 6.45) is 5.01. The van der Waals surface area contributed by atoms with Gasteiger partial charge in [0.15, 0.2) is 0 Å². The second-order valence-corrected chi connectivity index (χ2v) is 8.01. The van der Waals surface area contributed by atoms with E-state index in [0.717, 1.165) is 24.0 Å². The van der Waals surface area contributed by atoms with Gasteiger partial charge in [0.05, 0.1) is 11.6 Å². The number of hydrogen-bond acceptors (Lipinski definition) is 4. The predicted molar refractivity (Wildman–Crippen MR) is 122 cm³/mol. The first kappa shape index (κ1) is 22.8. The molecule has 2 unspecified atom stereocenters. The number of anilines is 1. The van der Waals surface area contributed by atoms with Crippen LogP contribution in [0.25, 0.3) is 10.8 Å². The summed E-state index contributed by atoms with van der Waals surface area (Å²) in [6, 6.07) is 16.7. The summed E-state index contributed by atoms with van der Waals surface area (Å²) < 4.78 is 0. The van der Waals surface area contributed by atoms with E-state index in [9.17, 15) is 5.26 Å². The first-order valence-corrected chi connectivity index (χ1v) is 9.75. The summed E-state index contributed by atoms with van der Waals surface area (Å²) in [5.41, 5.74) is 2.09. The average Bonchev–Trinajstić information content (AvgIpc) is 2.90. The van der Waals surface area contributed by atoms with Crippen LogP contribution in [0, 0.1) is 11.3 Å². The number of piperidine rings is 1. The third kappa shape index (κ3) is 4.39. The van der Waals surface area contributed by atoms with Crippen LogP contribution in [-0.4, -0.2) is 50.2 Å². The highest BCUT2D eigenvalue weighted by Gasteiger charge is 2.41. The Kier molecular flexibility index (Phi) is 7.97. The van der Waals surface area contributed by atoms with Crippen molar-refractivity contribution < 1.29 is 0 Å². The van der Waals surface area contributed by atoms with Crippen LogP contribution >= 0.6 is 24.8 Å².